The average molecular weight is 215 g/mol. The summed E-state index contributed by atoms with van der Waals surface area (Å²) in [6.45, 7) is 0. The third-order valence-electron chi connectivity index (χ3n) is 2.71. The van der Waals surface area contributed by atoms with Gasteiger partial charge in [0.05, 0.1) is 0 Å². The highest BCUT2D eigenvalue weighted by molar-refractivity contribution is 5.07. The number of nitrogens with zero attached hydrogens (tertiary/aromatic N) is 1. The van der Waals surface area contributed by atoms with E-state index in [0.717, 1.165) is 12.0 Å². The Kier molecular flexibility index (Phi) is 4.71. The Morgan fingerprint density at radius 2 is 2.53 bits per heavy atom. The van der Waals surface area contributed by atoms with Crippen LogP contribution in [-0.4, -0.2) is 29.5 Å². The van der Waals surface area contributed by atoms with Crippen LogP contribution < -0.4 is 0 Å². The van der Waals surface area contributed by atoms with Crippen LogP contribution in [0.2, 0.25) is 0 Å². The molecule has 2 atom stereocenters. The second-order valence-electron chi connectivity index (χ2n) is 3.81. The number of nitro groups is 1. The van der Waals surface area contributed by atoms with E-state index in [2.05, 4.69) is 0 Å². The van der Waals surface area contributed by atoms with Gasteiger partial charge in [-0.1, -0.05) is 11.6 Å². The topological polar surface area (TPSA) is 72.6 Å². The Morgan fingerprint density at radius 1 is 1.80 bits per heavy atom. The summed E-state index contributed by atoms with van der Waals surface area (Å²) in [5, 5.41) is 19.8. The van der Waals surface area contributed by atoms with Crippen LogP contribution in [-0.2, 0) is 4.74 Å². The zero-order valence-electron chi connectivity index (χ0n) is 8.89. The predicted molar refractivity (Wildman–Crippen MR) is 55.0 cm³/mol. The molecule has 0 amide bonds. The molecule has 0 heterocycles. The Hall–Kier alpha value is -0.940. The lowest BCUT2D eigenvalue weighted by Gasteiger charge is -2.17. The van der Waals surface area contributed by atoms with Crippen molar-refractivity contribution in [2.45, 2.75) is 44.4 Å². The van der Waals surface area contributed by atoms with E-state index in [1.807, 2.05) is 6.08 Å². The zero-order chi connectivity index (χ0) is 11.3. The van der Waals surface area contributed by atoms with Crippen molar-refractivity contribution in [2.75, 3.05) is 7.11 Å². The molecule has 1 aliphatic carbocycles. The van der Waals surface area contributed by atoms with E-state index in [4.69, 9.17) is 4.74 Å². The van der Waals surface area contributed by atoms with Crippen molar-refractivity contribution in [3.05, 3.63) is 21.8 Å². The first-order valence-corrected chi connectivity index (χ1v) is 5.15. The smallest absolute Gasteiger partial charge is 0.217 e. The molecule has 86 valence electrons. The van der Waals surface area contributed by atoms with Crippen LogP contribution in [0.4, 0.5) is 0 Å². The van der Waals surface area contributed by atoms with E-state index < -0.39 is 12.3 Å². The fraction of sp³-hybridized carbons (Fsp3) is 0.800. The van der Waals surface area contributed by atoms with Gasteiger partial charge in [0.15, 0.2) is 6.29 Å². The van der Waals surface area contributed by atoms with E-state index in [0.29, 0.717) is 25.7 Å². The molecule has 0 aromatic heterocycles. The molecule has 5 heteroatoms. The molecule has 0 spiro atoms. The average Bonchev–Trinajstić information content (AvgIpc) is 2.26. The van der Waals surface area contributed by atoms with Crippen molar-refractivity contribution in [1.82, 2.24) is 0 Å². The van der Waals surface area contributed by atoms with Crippen LogP contribution in [0.15, 0.2) is 11.6 Å². The molecule has 5 nitrogen and oxygen atoms in total. The molecule has 0 aromatic carbocycles. The quantitative estimate of drug-likeness (QED) is 0.326. The van der Waals surface area contributed by atoms with Gasteiger partial charge in [0.2, 0.25) is 6.04 Å². The first-order valence-electron chi connectivity index (χ1n) is 5.15. The predicted octanol–water partition coefficient (Wildman–Crippen LogP) is 1.49. The highest BCUT2D eigenvalue weighted by Gasteiger charge is 2.24. The molecule has 1 N–H and O–H groups in total. The van der Waals surface area contributed by atoms with E-state index in [1.54, 1.807) is 0 Å². The molecule has 0 fully saturated rings. The molecule has 15 heavy (non-hydrogen) atoms. The Balaban J connectivity index is 2.36. The summed E-state index contributed by atoms with van der Waals surface area (Å²) in [6.07, 6.45) is 4.38. The zero-order valence-corrected chi connectivity index (χ0v) is 8.89. The summed E-state index contributed by atoms with van der Waals surface area (Å²) in [7, 11) is 1.44. The molecule has 0 saturated carbocycles. The largest absolute Gasteiger partial charge is 0.368 e. The minimum absolute atomic E-state index is 0.209. The third-order valence-corrected chi connectivity index (χ3v) is 2.71. The molecule has 0 aromatic rings. The number of hydrogen-bond donors (Lipinski definition) is 1. The molecular formula is C10H17NO4. The maximum absolute atomic E-state index is 10.6. The van der Waals surface area contributed by atoms with Gasteiger partial charge < -0.3 is 9.84 Å². The van der Waals surface area contributed by atoms with Crippen molar-refractivity contribution in [3.63, 3.8) is 0 Å². The standard InChI is InChI=1S/C10H17NO4/c1-15-10(12)6-5-8-3-2-4-9(7-8)11(13)14/h3,9-10,12H,2,4-7H2,1H3. The lowest BCUT2D eigenvalue weighted by molar-refractivity contribution is -0.523. The Morgan fingerprint density at radius 3 is 3.13 bits per heavy atom. The van der Waals surface area contributed by atoms with E-state index in [9.17, 15) is 15.2 Å². The first kappa shape index (κ1) is 12.1. The molecule has 1 rings (SSSR count). The van der Waals surface area contributed by atoms with Gasteiger partial charge in [0.1, 0.15) is 0 Å². The van der Waals surface area contributed by atoms with Crippen LogP contribution >= 0.6 is 0 Å². The number of ether oxygens (including phenoxy) is 1. The van der Waals surface area contributed by atoms with Crippen molar-refractivity contribution >= 4 is 0 Å². The summed E-state index contributed by atoms with van der Waals surface area (Å²) < 4.78 is 4.71. The van der Waals surface area contributed by atoms with Gasteiger partial charge in [0, 0.05) is 31.3 Å². The molecule has 0 saturated heterocycles. The van der Waals surface area contributed by atoms with Crippen LogP contribution in [0.5, 0.6) is 0 Å². The molecule has 1 aliphatic rings. The number of allylic oxidation sites excluding steroid dienone is 1. The van der Waals surface area contributed by atoms with Gasteiger partial charge in [0.25, 0.3) is 0 Å². The second-order valence-corrected chi connectivity index (χ2v) is 3.81. The lowest BCUT2D eigenvalue weighted by atomic mass is 9.92. The van der Waals surface area contributed by atoms with E-state index in [-0.39, 0.29) is 4.92 Å². The van der Waals surface area contributed by atoms with Crippen molar-refractivity contribution in [2.24, 2.45) is 0 Å². The monoisotopic (exact) mass is 215 g/mol. The van der Waals surface area contributed by atoms with E-state index in [1.165, 1.54) is 7.11 Å². The number of rotatable bonds is 5. The fourth-order valence-corrected chi connectivity index (χ4v) is 1.78. The summed E-state index contributed by atoms with van der Waals surface area (Å²) in [5.74, 6) is 0. The van der Waals surface area contributed by atoms with E-state index >= 15 is 0 Å². The summed E-state index contributed by atoms with van der Waals surface area (Å²) >= 11 is 0. The van der Waals surface area contributed by atoms with Crippen LogP contribution in [0.1, 0.15) is 32.1 Å². The summed E-state index contributed by atoms with van der Waals surface area (Å²) in [4.78, 5) is 10.4. The van der Waals surface area contributed by atoms with Crippen molar-refractivity contribution < 1.29 is 14.8 Å². The van der Waals surface area contributed by atoms with Gasteiger partial charge >= 0.3 is 0 Å². The van der Waals surface area contributed by atoms with Gasteiger partial charge in [-0.25, -0.2) is 0 Å². The number of methoxy groups -OCH3 is 1. The highest BCUT2D eigenvalue weighted by atomic mass is 16.6. The third kappa shape index (κ3) is 3.97. The maximum atomic E-state index is 10.6. The normalized spacial score (nSPS) is 23.3. The van der Waals surface area contributed by atoms with Gasteiger partial charge in [-0.2, -0.15) is 0 Å². The second kappa shape index (κ2) is 5.82. The number of aliphatic hydroxyl groups excluding tert-OH is 1. The highest BCUT2D eigenvalue weighted by Crippen LogP contribution is 2.24. The first-order chi connectivity index (χ1) is 7.13. The molecule has 0 bridgehead atoms. The minimum atomic E-state index is -0.762. The van der Waals surface area contributed by atoms with Crippen molar-refractivity contribution in [1.29, 1.82) is 0 Å². The van der Waals surface area contributed by atoms with Crippen molar-refractivity contribution in [3.8, 4) is 0 Å². The molecule has 0 radical (unpaired) electrons. The van der Waals surface area contributed by atoms with Gasteiger partial charge in [-0.15, -0.1) is 0 Å². The van der Waals surface area contributed by atoms with Crippen LogP contribution in [0.25, 0.3) is 0 Å². The number of aliphatic hydroxyl groups is 1. The van der Waals surface area contributed by atoms with Crippen LogP contribution in [0, 0.1) is 10.1 Å². The number of hydrogen-bond acceptors (Lipinski definition) is 4. The minimum Gasteiger partial charge on any atom is -0.368 e. The fourth-order valence-electron chi connectivity index (χ4n) is 1.78. The molecule has 2 unspecified atom stereocenters. The summed E-state index contributed by atoms with van der Waals surface area (Å²) in [6, 6.07) is -0.440. The Bertz CT molecular complexity index is 252. The summed E-state index contributed by atoms with van der Waals surface area (Å²) in [5.41, 5.74) is 1.07. The SMILES string of the molecule is COC(O)CCC1=CCCC([N+](=O)[O-])C1. The lowest BCUT2D eigenvalue weighted by Crippen LogP contribution is -2.22. The van der Waals surface area contributed by atoms with Gasteiger partial charge in [-0.05, 0) is 12.8 Å². The molecular weight excluding hydrogens is 198 g/mol. The Labute approximate surface area is 88.9 Å². The maximum Gasteiger partial charge on any atom is 0.217 e. The van der Waals surface area contributed by atoms with Gasteiger partial charge in [-0.3, -0.25) is 10.1 Å². The van der Waals surface area contributed by atoms with Crippen LogP contribution in [0.3, 0.4) is 0 Å². The molecule has 0 aliphatic heterocycles.